The Balaban J connectivity index is 1.47. The van der Waals surface area contributed by atoms with Gasteiger partial charge in [-0.25, -0.2) is 4.98 Å². The second-order valence-corrected chi connectivity index (χ2v) is 9.19. The summed E-state index contributed by atoms with van der Waals surface area (Å²) >= 11 is 0. The summed E-state index contributed by atoms with van der Waals surface area (Å²) in [6, 6.07) is 15.4. The van der Waals surface area contributed by atoms with Crippen LogP contribution in [0, 0.1) is 6.92 Å². The number of hydrogen-bond donors (Lipinski definition) is 1. The van der Waals surface area contributed by atoms with Crippen LogP contribution in [0.25, 0.3) is 22.2 Å². The molecule has 10 heteroatoms. The minimum atomic E-state index is -0.292. The van der Waals surface area contributed by atoms with Crippen molar-refractivity contribution >= 4 is 40.6 Å². The van der Waals surface area contributed by atoms with Gasteiger partial charge in [0.1, 0.15) is 5.82 Å². The average Bonchev–Trinajstić information content (AvgIpc) is 3.20. The lowest BCUT2D eigenvalue weighted by Gasteiger charge is -2.27. The molecule has 0 unspecified atom stereocenters. The van der Waals surface area contributed by atoms with Gasteiger partial charge in [0.15, 0.2) is 0 Å². The minimum Gasteiger partial charge on any atom is -0.378 e. The molecular formula is C27H30N8O2. The quantitative estimate of drug-likeness (QED) is 0.318. The number of benzene rings is 2. The third kappa shape index (κ3) is 5.44. The first-order valence-corrected chi connectivity index (χ1v) is 12.1. The van der Waals surface area contributed by atoms with E-state index < -0.39 is 0 Å². The average molecular weight is 499 g/mol. The largest absolute Gasteiger partial charge is 0.378 e. The number of anilines is 3. The fourth-order valence-electron chi connectivity index (χ4n) is 4.24. The summed E-state index contributed by atoms with van der Waals surface area (Å²) in [4.78, 5) is 29.8. The third-order valence-electron chi connectivity index (χ3n) is 6.15. The van der Waals surface area contributed by atoms with Crippen LogP contribution in [0.15, 0.2) is 53.5 Å². The highest BCUT2D eigenvalue weighted by atomic mass is 16.5. The molecule has 1 amide bonds. The van der Waals surface area contributed by atoms with Crippen molar-refractivity contribution in [2.24, 2.45) is 12.0 Å². The highest BCUT2D eigenvalue weighted by Crippen LogP contribution is 2.29. The zero-order valence-corrected chi connectivity index (χ0v) is 21.5. The van der Waals surface area contributed by atoms with Gasteiger partial charge in [-0.2, -0.15) is 15.1 Å². The highest BCUT2D eigenvalue weighted by Gasteiger charge is 2.17. The van der Waals surface area contributed by atoms with Gasteiger partial charge in [-0.05, 0) is 37.3 Å². The van der Waals surface area contributed by atoms with E-state index in [9.17, 15) is 4.79 Å². The van der Waals surface area contributed by atoms with Crippen molar-refractivity contribution in [1.29, 1.82) is 0 Å². The highest BCUT2D eigenvalue weighted by molar-refractivity contribution is 5.99. The Bertz CT molecular complexity index is 1450. The SMILES string of the molecule is Cc1nn(C)c2cc(-c3cc(Nc4ccc(C(=O)N=CN(C)C)cc4)nc(N4CCOCC4)n3)ccc12. The Hall–Kier alpha value is -4.31. The molecule has 0 radical (unpaired) electrons. The van der Waals surface area contributed by atoms with Crippen molar-refractivity contribution in [2.45, 2.75) is 6.92 Å². The standard InChI is InChI=1S/C27H30N8O2/c1-18-22-10-7-20(15-24(22)34(4)32-18)23-16-25(31-27(30-23)35-11-13-37-14-12-35)29-21-8-5-19(6-9-21)26(36)28-17-33(2)3/h5-10,15-17H,11-14H2,1-4H3,(H,29,30,31). The predicted octanol–water partition coefficient (Wildman–Crippen LogP) is 3.65. The molecule has 3 heterocycles. The van der Waals surface area contributed by atoms with Crippen molar-refractivity contribution in [1.82, 2.24) is 24.6 Å². The third-order valence-corrected chi connectivity index (χ3v) is 6.15. The number of morpholine rings is 1. The van der Waals surface area contributed by atoms with Crippen LogP contribution >= 0.6 is 0 Å². The Morgan fingerprint density at radius 1 is 1.08 bits per heavy atom. The zero-order valence-electron chi connectivity index (χ0n) is 21.5. The van der Waals surface area contributed by atoms with E-state index in [2.05, 4.69) is 38.5 Å². The van der Waals surface area contributed by atoms with Crippen LogP contribution in [0.3, 0.4) is 0 Å². The Labute approximate surface area is 215 Å². The number of nitrogens with zero attached hydrogens (tertiary/aromatic N) is 7. The van der Waals surface area contributed by atoms with Gasteiger partial charge in [0, 0.05) is 62.5 Å². The molecule has 2 aromatic carbocycles. The number of fused-ring (bicyclic) bond motifs is 1. The summed E-state index contributed by atoms with van der Waals surface area (Å²) in [7, 11) is 5.59. The Kier molecular flexibility index (Phi) is 6.82. The molecule has 0 saturated carbocycles. The van der Waals surface area contributed by atoms with Gasteiger partial charge in [-0.15, -0.1) is 0 Å². The molecule has 10 nitrogen and oxygen atoms in total. The smallest absolute Gasteiger partial charge is 0.278 e. The second kappa shape index (κ2) is 10.4. The van der Waals surface area contributed by atoms with Crippen molar-refractivity contribution < 1.29 is 9.53 Å². The number of rotatable bonds is 6. The molecule has 0 atom stereocenters. The lowest BCUT2D eigenvalue weighted by Crippen LogP contribution is -2.37. The number of aliphatic imine (C=N–C) groups is 1. The van der Waals surface area contributed by atoms with Gasteiger partial charge < -0.3 is 19.9 Å². The first-order chi connectivity index (χ1) is 17.9. The molecule has 4 aromatic rings. The fourth-order valence-corrected chi connectivity index (χ4v) is 4.24. The molecular weight excluding hydrogens is 468 g/mol. The molecule has 0 bridgehead atoms. The maximum absolute atomic E-state index is 12.3. The minimum absolute atomic E-state index is 0.292. The number of hydrogen-bond acceptors (Lipinski definition) is 7. The van der Waals surface area contributed by atoms with E-state index in [4.69, 9.17) is 14.7 Å². The van der Waals surface area contributed by atoms with E-state index in [1.54, 1.807) is 17.0 Å². The lowest BCUT2D eigenvalue weighted by molar-refractivity contribution is 0.100. The fraction of sp³-hybridized carbons (Fsp3) is 0.296. The molecule has 2 aromatic heterocycles. The summed E-state index contributed by atoms with van der Waals surface area (Å²) in [5.41, 5.74) is 5.16. The number of aryl methyl sites for hydroxylation is 2. The maximum atomic E-state index is 12.3. The van der Waals surface area contributed by atoms with Crippen LogP contribution < -0.4 is 10.2 Å². The number of amides is 1. The molecule has 0 spiro atoms. The molecule has 1 aliphatic heterocycles. The monoisotopic (exact) mass is 498 g/mol. The maximum Gasteiger partial charge on any atom is 0.278 e. The summed E-state index contributed by atoms with van der Waals surface area (Å²) < 4.78 is 7.42. The van der Waals surface area contributed by atoms with E-state index in [-0.39, 0.29) is 5.91 Å². The van der Waals surface area contributed by atoms with E-state index in [0.29, 0.717) is 30.5 Å². The molecule has 0 aliphatic carbocycles. The van der Waals surface area contributed by atoms with Gasteiger partial charge >= 0.3 is 0 Å². The number of ether oxygens (including phenoxy) is 1. The van der Waals surface area contributed by atoms with Gasteiger partial charge in [0.05, 0.1) is 36.5 Å². The summed E-state index contributed by atoms with van der Waals surface area (Å²) in [5.74, 6) is 1.02. The Morgan fingerprint density at radius 3 is 2.57 bits per heavy atom. The van der Waals surface area contributed by atoms with Crippen LogP contribution in [0.5, 0.6) is 0 Å². The Morgan fingerprint density at radius 2 is 1.84 bits per heavy atom. The van der Waals surface area contributed by atoms with Crippen LogP contribution in [-0.4, -0.2) is 77.3 Å². The number of aromatic nitrogens is 4. The second-order valence-electron chi connectivity index (χ2n) is 9.19. The van der Waals surface area contributed by atoms with Crippen molar-refractivity contribution in [3.8, 4) is 11.3 Å². The topological polar surface area (TPSA) is 101 Å². The molecule has 190 valence electrons. The molecule has 1 N–H and O–H groups in total. The summed E-state index contributed by atoms with van der Waals surface area (Å²) in [6.45, 7) is 4.75. The normalized spacial score (nSPS) is 13.9. The van der Waals surface area contributed by atoms with E-state index in [1.807, 2.05) is 50.9 Å². The van der Waals surface area contributed by atoms with Crippen molar-refractivity contribution in [2.75, 3.05) is 50.6 Å². The predicted molar refractivity (Wildman–Crippen MR) is 146 cm³/mol. The first-order valence-electron chi connectivity index (χ1n) is 12.1. The molecule has 5 rings (SSSR count). The van der Waals surface area contributed by atoms with Crippen LogP contribution in [0.1, 0.15) is 16.1 Å². The van der Waals surface area contributed by atoms with Crippen LogP contribution in [0.4, 0.5) is 17.5 Å². The van der Waals surface area contributed by atoms with E-state index in [0.717, 1.165) is 46.6 Å². The molecule has 1 saturated heterocycles. The molecule has 37 heavy (non-hydrogen) atoms. The van der Waals surface area contributed by atoms with Crippen molar-refractivity contribution in [3.63, 3.8) is 0 Å². The van der Waals surface area contributed by atoms with Gasteiger partial charge in [-0.1, -0.05) is 12.1 Å². The zero-order chi connectivity index (χ0) is 25.9. The van der Waals surface area contributed by atoms with Gasteiger partial charge in [-0.3, -0.25) is 9.48 Å². The summed E-state index contributed by atoms with van der Waals surface area (Å²) in [6.07, 6.45) is 1.49. The van der Waals surface area contributed by atoms with Gasteiger partial charge in [0.2, 0.25) is 5.95 Å². The molecule has 1 aliphatic rings. The van der Waals surface area contributed by atoms with Crippen molar-refractivity contribution in [3.05, 3.63) is 59.8 Å². The summed E-state index contributed by atoms with van der Waals surface area (Å²) in [5, 5.41) is 9.04. The number of carbonyl (C=O) groups is 1. The van der Waals surface area contributed by atoms with E-state index >= 15 is 0 Å². The molecule has 1 fully saturated rings. The van der Waals surface area contributed by atoms with Gasteiger partial charge in [0.25, 0.3) is 5.91 Å². The van der Waals surface area contributed by atoms with E-state index in [1.165, 1.54) is 6.34 Å². The first kappa shape index (κ1) is 24.4. The van der Waals surface area contributed by atoms with Crippen LogP contribution in [0.2, 0.25) is 0 Å². The number of carbonyl (C=O) groups excluding carboxylic acids is 1. The van der Waals surface area contributed by atoms with Crippen LogP contribution in [-0.2, 0) is 11.8 Å². The number of nitrogens with one attached hydrogen (secondary N) is 1. The lowest BCUT2D eigenvalue weighted by atomic mass is 10.1.